The van der Waals surface area contributed by atoms with Crippen molar-refractivity contribution in [2.24, 2.45) is 0 Å². The minimum Gasteiger partial charge on any atom is -0.462 e. The second kappa shape index (κ2) is 50.9. The number of nitrogens with zero attached hydrogens (tertiary/aromatic N) is 10. The Hall–Kier alpha value is -11.9. The van der Waals surface area contributed by atoms with E-state index < -0.39 is 73.1 Å². The topological polar surface area (TPSA) is 606 Å². The van der Waals surface area contributed by atoms with Crippen molar-refractivity contribution in [1.82, 2.24) is 64.8 Å². The number of aromatic amines is 3. The molecule has 0 aliphatic rings. The summed E-state index contributed by atoms with van der Waals surface area (Å²) >= 11 is 5.15. The van der Waals surface area contributed by atoms with Crippen molar-refractivity contribution in [2.75, 3.05) is 116 Å². The average molecular weight is 1690 g/mol. The molecular formula is C68H96N20O21S5. The molecule has 0 spiro atoms. The van der Waals surface area contributed by atoms with Gasteiger partial charge in [-0.05, 0) is 73.5 Å². The van der Waals surface area contributed by atoms with Crippen LogP contribution in [-0.2, 0) is 71.8 Å². The van der Waals surface area contributed by atoms with Gasteiger partial charge in [0.25, 0.3) is 5.16 Å². The maximum Gasteiger partial charge on any atom is 0.347 e. The molecule has 0 aliphatic carbocycles. The van der Waals surface area contributed by atoms with Crippen LogP contribution in [0, 0.1) is 0 Å². The number of thioether (sulfide) groups is 4. The van der Waals surface area contributed by atoms with Gasteiger partial charge in [-0.15, -0.1) is 0 Å². The van der Waals surface area contributed by atoms with E-state index in [1.807, 2.05) is 0 Å². The molecule has 8 aromatic rings. The first-order valence-electron chi connectivity index (χ1n) is 31.6. The largest absolute Gasteiger partial charge is 0.462 e. The first-order valence-corrected chi connectivity index (χ1v) is 38.4. The number of nitrogens with one attached hydrogen (secondary N) is 7. The fourth-order valence-corrected chi connectivity index (χ4v) is 10.0. The van der Waals surface area contributed by atoms with Crippen molar-refractivity contribution in [2.45, 2.75) is 125 Å². The second-order valence-electron chi connectivity index (χ2n) is 20.2. The predicted molar refractivity (Wildman–Crippen MR) is 438 cm³/mol. The van der Waals surface area contributed by atoms with Gasteiger partial charge in [-0.3, -0.25) is 24.0 Å². The molecule has 46 heteroatoms. The molecule has 624 valence electrons. The number of pyridine rings is 3. The third-order valence-corrected chi connectivity index (χ3v) is 15.5. The molecule has 0 saturated carbocycles. The summed E-state index contributed by atoms with van der Waals surface area (Å²) in [6.07, 6.45) is 14.0. The van der Waals surface area contributed by atoms with Crippen molar-refractivity contribution >= 4 is 184 Å². The quantitative estimate of drug-likeness (QED) is 0.00506. The highest BCUT2D eigenvalue weighted by molar-refractivity contribution is 7.99. The van der Waals surface area contributed by atoms with E-state index >= 15 is 0 Å². The Kier molecular flexibility index (Phi) is 46.5. The Labute approximate surface area is 673 Å². The van der Waals surface area contributed by atoms with Crippen LogP contribution in [0.25, 0.3) is 33.1 Å². The highest BCUT2D eigenvalue weighted by Gasteiger charge is 2.26. The molecule has 8 rings (SSSR count). The minimum atomic E-state index is -3.68. The van der Waals surface area contributed by atoms with Crippen LogP contribution >= 0.6 is 47.0 Å². The Bertz CT molecular complexity index is 5050. The lowest BCUT2D eigenvalue weighted by Crippen LogP contribution is -2.21. The van der Waals surface area contributed by atoms with E-state index in [0.29, 0.717) is 32.1 Å². The van der Waals surface area contributed by atoms with Crippen LogP contribution in [0.4, 0.5) is 40.7 Å². The monoisotopic (exact) mass is 1690 g/mol. The highest BCUT2D eigenvalue weighted by Crippen LogP contribution is 2.23. The van der Waals surface area contributed by atoms with Crippen LogP contribution in [0.15, 0.2) is 94.4 Å². The molecule has 0 aliphatic heterocycles. The Morgan fingerprint density at radius 2 is 0.737 bits per heavy atom. The van der Waals surface area contributed by atoms with Crippen molar-refractivity contribution in [3.8, 4) is 0 Å². The first kappa shape index (κ1) is 104. The van der Waals surface area contributed by atoms with Gasteiger partial charge in [0.05, 0.1) is 46.2 Å². The van der Waals surface area contributed by atoms with Crippen LogP contribution < -0.4 is 54.8 Å². The highest BCUT2D eigenvalue weighted by atomic mass is 32.2. The maximum atomic E-state index is 12.5. The molecular weight excluding hydrogens is 1590 g/mol. The summed E-state index contributed by atoms with van der Waals surface area (Å²) in [6, 6.07) is 2.94. The summed E-state index contributed by atoms with van der Waals surface area (Å²) in [7, 11) is -3.68. The Balaban J connectivity index is 0. The van der Waals surface area contributed by atoms with Crippen LogP contribution in [-0.4, -0.2) is 204 Å². The van der Waals surface area contributed by atoms with Crippen LogP contribution in [0.1, 0.15) is 131 Å². The number of anilines is 7. The van der Waals surface area contributed by atoms with E-state index in [0.717, 1.165) is 18.7 Å². The van der Waals surface area contributed by atoms with Gasteiger partial charge in [0, 0.05) is 63.2 Å². The van der Waals surface area contributed by atoms with E-state index in [1.54, 1.807) is 73.5 Å². The number of nitrogens with two attached hydrogens (primary N) is 3. The zero-order valence-corrected chi connectivity index (χ0v) is 64.9. The molecule has 13 N–H and O–H groups in total. The number of carbonyl (C=O) groups is 9. The van der Waals surface area contributed by atoms with Crippen molar-refractivity contribution in [3.05, 3.63) is 102 Å². The van der Waals surface area contributed by atoms with E-state index in [4.69, 9.17) is 50.4 Å². The molecule has 0 bridgehead atoms. The third-order valence-electron chi connectivity index (χ3n) is 12.5. The molecule has 0 fully saturated rings. The third kappa shape index (κ3) is 30.3. The molecule has 41 nitrogen and oxygen atoms in total. The summed E-state index contributed by atoms with van der Waals surface area (Å²) in [5.74, 6) is -5.12. The van der Waals surface area contributed by atoms with Gasteiger partial charge in [-0.25, -0.2) is 86.8 Å². The fraction of sp³-hybridized carbons (Fsp3) is 0.382. The van der Waals surface area contributed by atoms with Crippen molar-refractivity contribution < 1.29 is 84.7 Å². The summed E-state index contributed by atoms with van der Waals surface area (Å²) < 4.78 is 56.5. The van der Waals surface area contributed by atoms with Gasteiger partial charge in [-0.2, -0.15) is 4.98 Å². The van der Waals surface area contributed by atoms with Gasteiger partial charge in [0.15, 0.2) is 37.6 Å². The summed E-state index contributed by atoms with van der Waals surface area (Å²) in [5, 5.41) is 11.7. The fourth-order valence-electron chi connectivity index (χ4n) is 8.01. The normalized spacial score (nSPS) is 9.95. The van der Waals surface area contributed by atoms with Gasteiger partial charge >= 0.3 is 41.8 Å². The molecule has 8 aromatic heterocycles. The van der Waals surface area contributed by atoms with E-state index in [2.05, 4.69) is 86.1 Å². The number of nitrogen functional groups attached to an aromatic ring is 3. The number of carbonyl (C=O) groups excluding carboxylic acids is 9. The second-order valence-corrected chi connectivity index (χ2v) is 25.2. The molecule has 0 radical (unpaired) electrons. The van der Waals surface area contributed by atoms with Gasteiger partial charge in [-0.1, -0.05) is 84.2 Å². The molecule has 0 saturated heterocycles. The van der Waals surface area contributed by atoms with Gasteiger partial charge in [0.1, 0.15) is 84.7 Å². The first-order chi connectivity index (χ1) is 51.7. The van der Waals surface area contributed by atoms with Gasteiger partial charge < -0.3 is 86.6 Å². The minimum absolute atomic E-state index is 0. The summed E-state index contributed by atoms with van der Waals surface area (Å²) in [5.41, 5.74) is 14.5. The lowest BCUT2D eigenvalue weighted by atomic mass is 10.2. The number of rotatable bonds is 25. The number of hydrogen-bond acceptors (Lipinski definition) is 40. The van der Waals surface area contributed by atoms with E-state index in [9.17, 15) is 66.0 Å². The number of hydrogen-bond donors (Lipinski definition) is 10. The lowest BCUT2D eigenvalue weighted by Gasteiger charge is -2.09. The predicted octanol–water partition coefficient (Wildman–Crippen LogP) is 7.42. The molecule has 114 heavy (non-hydrogen) atoms. The number of ether oxygens (including phenoxy) is 7. The Morgan fingerprint density at radius 3 is 1.10 bits per heavy atom. The standard InChI is InChI=1S/C15H20N4O5S.C13H14N4O4S.C13H18N4O4S.C11H12N4O5S.C11H12N4O3S.5CH4/c1-5-23-13(21)10(14(22)24-6-2)8-16-11-7-12(17-9(3)20)19-15(18-11)25-4;1-4-21-12(20)7-5-14-10-8(9(7)19)11(15-6(2)18)17-13(16-10)22-3;1-4-20-11(18)8(12(19)21-5-2)7-15-10-6-9(14)16-13(17-10)22-3;1-3-20-10(17)5-4-13-9-6(7(5)16)8(12)14-11(15-9)21(2,18)19;1-3-18-10(17)5-4-13-9-6(7(5)16)8(12)14-11(15-9)19-2;;;;;/h7-8H,5-6H2,1-4H3,(H2,16,17,18,19,20);5H,4H2,1-3H3,(H2,14,15,16,17,18,19);6-7H,4-5H2,1-3H3,(H3,14,15,16,17);4H,3H2,1-2H3,(H3,12,13,14,15,16);4H,3H2,1-2H3,(H3,12,13,14,15,16);5*1H4. The summed E-state index contributed by atoms with van der Waals surface area (Å²) in [6.45, 7) is 15.1. The molecule has 0 unspecified atom stereocenters. The number of H-pyrrole nitrogens is 3. The van der Waals surface area contributed by atoms with Crippen molar-refractivity contribution in [1.29, 1.82) is 0 Å². The van der Waals surface area contributed by atoms with E-state index in [-0.39, 0.29) is 185 Å². The molecule has 8 heterocycles. The smallest absolute Gasteiger partial charge is 0.347 e. The number of aromatic nitrogens is 13. The SMILES string of the molecule is C.C.C.C.C.CCOC(=O)C(=CNc1cc(N)nc(SC)n1)C(=O)OCC.CCOC(=O)C(=CNc1cc(NC(C)=O)nc(SC)n1)C(=O)OCC.CCOC(=O)c1c[nH]c2nc(S(C)(=O)=O)nc(N)c2c1=O.CCOC(=O)c1c[nH]c2nc(SC)nc(N)c2c1=O.CCOC(=O)c1c[nH]c2nc(SC)nc(NC(C)=O)c2c1=O. The van der Waals surface area contributed by atoms with E-state index in [1.165, 1.54) is 91.6 Å². The Morgan fingerprint density at radius 1 is 0.421 bits per heavy atom. The average Bonchev–Trinajstić information content (AvgIpc) is 0.782. The number of esters is 7. The lowest BCUT2D eigenvalue weighted by molar-refractivity contribution is -0.148. The van der Waals surface area contributed by atoms with Crippen LogP contribution in [0.2, 0.25) is 0 Å². The van der Waals surface area contributed by atoms with Crippen LogP contribution in [0.3, 0.4) is 0 Å². The molecule has 0 aromatic carbocycles. The van der Waals surface area contributed by atoms with Gasteiger partial charge in [0.2, 0.25) is 37.9 Å². The number of fused-ring (bicyclic) bond motifs is 3. The zero-order chi connectivity index (χ0) is 81.4. The number of sulfone groups is 1. The molecule has 0 atom stereocenters. The maximum absolute atomic E-state index is 12.5. The van der Waals surface area contributed by atoms with Crippen molar-refractivity contribution in [3.63, 3.8) is 0 Å². The van der Waals surface area contributed by atoms with Crippen LogP contribution in [0.5, 0.6) is 0 Å². The summed E-state index contributed by atoms with van der Waals surface area (Å²) in [4.78, 5) is 190. The number of amides is 2. The molecule has 2 amide bonds. The zero-order valence-electron chi connectivity index (χ0n) is 60.8.